The number of fused-ring (bicyclic) bond motifs is 1. The molecule has 1 unspecified atom stereocenters. The van der Waals surface area contributed by atoms with Crippen LogP contribution in [0.1, 0.15) is 37.5 Å². The van der Waals surface area contributed by atoms with E-state index in [0.717, 1.165) is 5.82 Å². The van der Waals surface area contributed by atoms with Crippen molar-refractivity contribution in [3.63, 3.8) is 0 Å². The molecule has 4 rings (SSSR count). The summed E-state index contributed by atoms with van der Waals surface area (Å²) in [5, 5.41) is 8.21. The number of carbonyl (C=O) groups is 1. The van der Waals surface area contributed by atoms with Crippen molar-refractivity contribution in [2.45, 2.75) is 48.9 Å². The summed E-state index contributed by atoms with van der Waals surface area (Å²) in [5.41, 5.74) is 0. The maximum Gasteiger partial charge on any atom is 0.244 e. The number of aryl methyl sites for hydroxylation is 1. The second kappa shape index (κ2) is 5.39. The first-order valence-corrected chi connectivity index (χ1v) is 9.84. The lowest BCUT2D eigenvalue weighted by Gasteiger charge is -2.34. The minimum Gasteiger partial charge on any atom is -0.332 e. The zero-order valence-electron chi connectivity index (χ0n) is 14.2. The van der Waals surface area contributed by atoms with Crippen LogP contribution in [0.3, 0.4) is 0 Å². The molecule has 2 heterocycles. The Kier molecular flexibility index (Phi) is 3.50. The second-order valence-electron chi connectivity index (χ2n) is 6.88. The van der Waals surface area contributed by atoms with Crippen molar-refractivity contribution in [3.8, 4) is 0 Å². The normalized spacial score (nSPS) is 21.7. The van der Waals surface area contributed by atoms with Gasteiger partial charge < -0.3 is 9.47 Å². The number of benzene rings is 1. The highest BCUT2D eigenvalue weighted by molar-refractivity contribution is 7.94. The maximum absolute atomic E-state index is 13.2. The van der Waals surface area contributed by atoms with Gasteiger partial charge in [-0.1, -0.05) is 18.2 Å². The Bertz CT molecular complexity index is 932. The Hall–Kier alpha value is -2.22. The van der Waals surface area contributed by atoms with Crippen LogP contribution < -0.4 is 0 Å². The quantitative estimate of drug-likeness (QED) is 0.828. The lowest BCUT2D eigenvalue weighted by atomic mass is 10.2. The molecule has 25 heavy (non-hydrogen) atoms. The predicted octanol–water partition coefficient (Wildman–Crippen LogP) is 1.50. The van der Waals surface area contributed by atoms with Gasteiger partial charge in [0.1, 0.15) is 5.82 Å². The van der Waals surface area contributed by atoms with Crippen LogP contribution in [0.25, 0.3) is 0 Å². The molecule has 0 radical (unpaired) electrons. The summed E-state index contributed by atoms with van der Waals surface area (Å²) in [7, 11) is -3.70. The summed E-state index contributed by atoms with van der Waals surface area (Å²) in [4.78, 5) is 15.0. The number of aromatic nitrogens is 3. The van der Waals surface area contributed by atoms with E-state index in [1.807, 2.05) is 18.4 Å². The number of hydrogen-bond donors (Lipinski definition) is 0. The largest absolute Gasteiger partial charge is 0.332 e. The average molecular weight is 360 g/mol. The molecular formula is C17H20N4O3S. The van der Waals surface area contributed by atoms with Gasteiger partial charge in [-0.3, -0.25) is 4.79 Å². The van der Waals surface area contributed by atoms with E-state index < -0.39 is 14.6 Å². The fraction of sp³-hybridized carbons (Fsp3) is 0.471. The monoisotopic (exact) mass is 360 g/mol. The van der Waals surface area contributed by atoms with Crippen LogP contribution in [0.4, 0.5) is 0 Å². The van der Waals surface area contributed by atoms with Crippen molar-refractivity contribution in [2.24, 2.45) is 0 Å². The Morgan fingerprint density at radius 3 is 2.52 bits per heavy atom. The minimum absolute atomic E-state index is 0.0259. The van der Waals surface area contributed by atoms with Gasteiger partial charge in [0, 0.05) is 6.54 Å². The molecule has 8 heteroatoms. The fourth-order valence-corrected chi connectivity index (χ4v) is 5.67. The van der Waals surface area contributed by atoms with E-state index in [-0.39, 0.29) is 16.8 Å². The molecule has 1 atom stereocenters. The van der Waals surface area contributed by atoms with Gasteiger partial charge in [-0.15, -0.1) is 10.2 Å². The molecule has 1 fully saturated rings. The van der Waals surface area contributed by atoms with Crippen molar-refractivity contribution in [1.82, 2.24) is 19.7 Å². The highest BCUT2D eigenvalue weighted by atomic mass is 32.2. The molecule has 1 aromatic heterocycles. The van der Waals surface area contributed by atoms with Crippen LogP contribution in [0.15, 0.2) is 35.2 Å². The van der Waals surface area contributed by atoms with E-state index in [9.17, 15) is 13.2 Å². The van der Waals surface area contributed by atoms with Crippen LogP contribution in [-0.2, 0) is 21.2 Å². The highest BCUT2D eigenvalue weighted by Gasteiger charge is 2.62. The number of nitrogens with zero attached hydrogens (tertiary/aromatic N) is 4. The SMILES string of the molecule is Cc1nnc2n1C(C)CN(C(=O)C1(S(=O)(=O)c3ccccc3)CC1)C2. The first kappa shape index (κ1) is 16.3. The molecule has 1 aromatic carbocycles. The molecule has 1 saturated carbocycles. The molecule has 0 saturated heterocycles. The third kappa shape index (κ3) is 2.31. The molecule has 7 nitrogen and oxygen atoms in total. The van der Waals surface area contributed by atoms with Gasteiger partial charge in [0.15, 0.2) is 20.4 Å². The van der Waals surface area contributed by atoms with E-state index in [1.54, 1.807) is 35.2 Å². The molecule has 1 aliphatic heterocycles. The van der Waals surface area contributed by atoms with Crippen LogP contribution in [0.5, 0.6) is 0 Å². The third-order valence-corrected chi connectivity index (χ3v) is 7.65. The lowest BCUT2D eigenvalue weighted by Crippen LogP contribution is -2.48. The predicted molar refractivity (Wildman–Crippen MR) is 90.5 cm³/mol. The van der Waals surface area contributed by atoms with E-state index in [1.165, 1.54) is 0 Å². The number of amides is 1. The second-order valence-corrected chi connectivity index (χ2v) is 9.14. The Morgan fingerprint density at radius 2 is 1.88 bits per heavy atom. The Balaban J connectivity index is 1.66. The van der Waals surface area contributed by atoms with Gasteiger partial charge in [0.25, 0.3) is 0 Å². The molecule has 0 spiro atoms. The van der Waals surface area contributed by atoms with Crippen molar-refractivity contribution in [1.29, 1.82) is 0 Å². The zero-order chi connectivity index (χ0) is 17.8. The van der Waals surface area contributed by atoms with Crippen LogP contribution >= 0.6 is 0 Å². The zero-order valence-corrected chi connectivity index (χ0v) is 15.0. The summed E-state index contributed by atoms with van der Waals surface area (Å²) in [6.07, 6.45) is 0.749. The van der Waals surface area contributed by atoms with Crippen LogP contribution in [-0.4, -0.2) is 45.3 Å². The van der Waals surface area contributed by atoms with E-state index >= 15 is 0 Å². The van der Waals surface area contributed by atoms with E-state index in [0.29, 0.717) is 31.8 Å². The molecule has 1 amide bonds. The van der Waals surface area contributed by atoms with Gasteiger partial charge in [0.05, 0.1) is 17.5 Å². The van der Waals surface area contributed by atoms with Crippen LogP contribution in [0.2, 0.25) is 0 Å². The topological polar surface area (TPSA) is 85.2 Å². The summed E-state index contributed by atoms with van der Waals surface area (Å²) >= 11 is 0. The number of sulfone groups is 1. The summed E-state index contributed by atoms with van der Waals surface area (Å²) in [6, 6.07) is 8.27. The summed E-state index contributed by atoms with van der Waals surface area (Å²) in [5.74, 6) is 1.21. The molecule has 0 bridgehead atoms. The third-order valence-electron chi connectivity index (χ3n) is 5.14. The average Bonchev–Trinajstić information content (AvgIpc) is 3.34. The number of hydrogen-bond acceptors (Lipinski definition) is 5. The van der Waals surface area contributed by atoms with Gasteiger partial charge in [-0.05, 0) is 38.8 Å². The van der Waals surface area contributed by atoms with Crippen molar-refractivity contribution in [3.05, 3.63) is 42.0 Å². The van der Waals surface area contributed by atoms with E-state index in [2.05, 4.69) is 10.2 Å². The Morgan fingerprint density at radius 1 is 1.20 bits per heavy atom. The standard InChI is InChI=1S/C17H20N4O3S/c1-12-10-20(11-15-19-18-13(2)21(12)15)16(22)17(8-9-17)25(23,24)14-6-4-3-5-7-14/h3-7,12H,8-11H2,1-2H3. The van der Waals surface area contributed by atoms with Crippen molar-refractivity contribution in [2.75, 3.05) is 6.54 Å². The number of carbonyl (C=O) groups excluding carboxylic acids is 1. The minimum atomic E-state index is -3.70. The summed E-state index contributed by atoms with van der Waals surface area (Å²) in [6.45, 7) is 4.64. The summed E-state index contributed by atoms with van der Waals surface area (Å²) < 4.78 is 26.8. The van der Waals surface area contributed by atoms with Gasteiger partial charge in [-0.2, -0.15) is 0 Å². The van der Waals surface area contributed by atoms with Crippen LogP contribution in [0, 0.1) is 6.92 Å². The molecule has 2 aliphatic rings. The number of rotatable bonds is 3. The molecule has 1 aliphatic carbocycles. The molecule has 2 aromatic rings. The molecule has 132 valence electrons. The molecule has 0 N–H and O–H groups in total. The highest BCUT2D eigenvalue weighted by Crippen LogP contribution is 2.48. The van der Waals surface area contributed by atoms with E-state index in [4.69, 9.17) is 0 Å². The van der Waals surface area contributed by atoms with Crippen molar-refractivity contribution < 1.29 is 13.2 Å². The van der Waals surface area contributed by atoms with Gasteiger partial charge in [-0.25, -0.2) is 8.42 Å². The van der Waals surface area contributed by atoms with Crippen molar-refractivity contribution >= 4 is 15.7 Å². The fourth-order valence-electron chi connectivity index (χ4n) is 3.71. The lowest BCUT2D eigenvalue weighted by molar-refractivity contribution is -0.133. The van der Waals surface area contributed by atoms with Gasteiger partial charge in [0.2, 0.25) is 5.91 Å². The first-order valence-electron chi connectivity index (χ1n) is 8.36. The smallest absolute Gasteiger partial charge is 0.244 e. The molecular weight excluding hydrogens is 340 g/mol. The Labute approximate surface area is 146 Å². The maximum atomic E-state index is 13.2. The first-order chi connectivity index (χ1) is 11.9. The van der Waals surface area contributed by atoms with Gasteiger partial charge >= 0.3 is 0 Å².